The SMILES string of the molecule is CC(C)(C)N1CCC2(CC1)C(=O)Nc1ccncc12. The van der Waals surface area contributed by atoms with Gasteiger partial charge in [-0.2, -0.15) is 0 Å². The highest BCUT2D eigenvalue weighted by Crippen LogP contribution is 2.45. The zero-order valence-corrected chi connectivity index (χ0v) is 11.9. The molecule has 1 spiro atoms. The fraction of sp³-hybridized carbons (Fsp3) is 0.600. The molecule has 19 heavy (non-hydrogen) atoms. The molecular weight excluding hydrogens is 238 g/mol. The van der Waals surface area contributed by atoms with Gasteiger partial charge >= 0.3 is 0 Å². The van der Waals surface area contributed by atoms with Crippen molar-refractivity contribution in [3.05, 3.63) is 24.0 Å². The number of amides is 1. The first kappa shape index (κ1) is 12.6. The van der Waals surface area contributed by atoms with E-state index in [1.807, 2.05) is 12.3 Å². The number of nitrogens with one attached hydrogen (secondary N) is 1. The molecule has 0 unspecified atom stereocenters. The molecule has 0 radical (unpaired) electrons. The van der Waals surface area contributed by atoms with Crippen molar-refractivity contribution in [2.75, 3.05) is 18.4 Å². The maximum absolute atomic E-state index is 12.4. The van der Waals surface area contributed by atoms with Gasteiger partial charge in [0, 0.05) is 42.3 Å². The van der Waals surface area contributed by atoms with Crippen LogP contribution in [0.3, 0.4) is 0 Å². The van der Waals surface area contributed by atoms with Gasteiger partial charge in [0.25, 0.3) is 0 Å². The van der Waals surface area contributed by atoms with E-state index in [1.165, 1.54) is 0 Å². The number of fused-ring (bicyclic) bond motifs is 2. The molecule has 1 aromatic heterocycles. The molecule has 102 valence electrons. The van der Waals surface area contributed by atoms with Crippen molar-refractivity contribution >= 4 is 11.6 Å². The molecule has 0 aromatic carbocycles. The van der Waals surface area contributed by atoms with Crippen LogP contribution in [-0.4, -0.2) is 34.4 Å². The number of likely N-dealkylation sites (tertiary alicyclic amines) is 1. The van der Waals surface area contributed by atoms with E-state index in [4.69, 9.17) is 0 Å². The Morgan fingerprint density at radius 1 is 1.32 bits per heavy atom. The summed E-state index contributed by atoms with van der Waals surface area (Å²) in [4.78, 5) is 19.1. The van der Waals surface area contributed by atoms with Crippen LogP contribution in [0, 0.1) is 0 Å². The monoisotopic (exact) mass is 259 g/mol. The Kier molecular flexibility index (Phi) is 2.68. The van der Waals surface area contributed by atoms with Crippen LogP contribution in [0.1, 0.15) is 39.2 Å². The molecule has 3 rings (SSSR count). The number of piperidine rings is 1. The molecular formula is C15H21N3O. The predicted octanol–water partition coefficient (Wildman–Crippen LogP) is 2.17. The number of hydrogen-bond acceptors (Lipinski definition) is 3. The highest BCUT2D eigenvalue weighted by Gasteiger charge is 2.49. The van der Waals surface area contributed by atoms with Crippen molar-refractivity contribution in [3.8, 4) is 0 Å². The molecule has 2 aliphatic heterocycles. The third kappa shape index (κ3) is 1.86. The summed E-state index contributed by atoms with van der Waals surface area (Å²) in [5, 5.41) is 3.01. The summed E-state index contributed by atoms with van der Waals surface area (Å²) in [6, 6.07) is 1.90. The van der Waals surface area contributed by atoms with E-state index in [9.17, 15) is 4.79 Å². The maximum atomic E-state index is 12.4. The lowest BCUT2D eigenvalue weighted by molar-refractivity contribution is -0.123. The van der Waals surface area contributed by atoms with Gasteiger partial charge in [-0.1, -0.05) is 0 Å². The van der Waals surface area contributed by atoms with Gasteiger partial charge in [0.2, 0.25) is 5.91 Å². The van der Waals surface area contributed by atoms with Crippen LogP contribution in [0.5, 0.6) is 0 Å². The van der Waals surface area contributed by atoms with E-state index in [-0.39, 0.29) is 16.9 Å². The Labute approximate surface area is 114 Å². The molecule has 0 aliphatic carbocycles. The maximum Gasteiger partial charge on any atom is 0.235 e. The van der Waals surface area contributed by atoms with E-state index in [0.29, 0.717) is 0 Å². The normalized spacial score (nSPS) is 22.4. The van der Waals surface area contributed by atoms with Gasteiger partial charge in [-0.25, -0.2) is 0 Å². The number of carbonyl (C=O) groups is 1. The van der Waals surface area contributed by atoms with E-state index in [2.05, 4.69) is 36.0 Å². The summed E-state index contributed by atoms with van der Waals surface area (Å²) in [5.74, 6) is 0.157. The fourth-order valence-electron chi connectivity index (χ4n) is 3.30. The van der Waals surface area contributed by atoms with Crippen LogP contribution in [0.15, 0.2) is 18.5 Å². The Balaban J connectivity index is 1.89. The average Bonchev–Trinajstić information content (AvgIpc) is 2.63. The van der Waals surface area contributed by atoms with Crippen molar-refractivity contribution in [3.63, 3.8) is 0 Å². The standard InChI is InChI=1S/C15H21N3O/c1-14(2,3)18-8-5-15(6-9-18)11-10-16-7-4-12(11)17-13(15)19/h4,7,10H,5-6,8-9H2,1-3H3,(H,17,19). The highest BCUT2D eigenvalue weighted by atomic mass is 16.2. The largest absolute Gasteiger partial charge is 0.325 e. The second-order valence-electron chi connectivity index (χ2n) is 6.62. The summed E-state index contributed by atoms with van der Waals surface area (Å²) < 4.78 is 0. The number of rotatable bonds is 0. The minimum Gasteiger partial charge on any atom is -0.325 e. The minimum atomic E-state index is -0.342. The molecule has 0 atom stereocenters. The topological polar surface area (TPSA) is 45.2 Å². The van der Waals surface area contributed by atoms with Crippen LogP contribution in [0.2, 0.25) is 0 Å². The molecule has 1 fully saturated rings. The summed E-state index contributed by atoms with van der Waals surface area (Å²) >= 11 is 0. The lowest BCUT2D eigenvalue weighted by atomic mass is 9.73. The second kappa shape index (κ2) is 4.04. The van der Waals surface area contributed by atoms with Gasteiger partial charge in [0.05, 0.1) is 5.41 Å². The first-order valence-corrected chi connectivity index (χ1v) is 6.94. The summed E-state index contributed by atoms with van der Waals surface area (Å²) in [6.07, 6.45) is 5.37. The molecule has 1 aromatic rings. The molecule has 4 heteroatoms. The van der Waals surface area contributed by atoms with Crippen molar-refractivity contribution in [2.24, 2.45) is 0 Å². The van der Waals surface area contributed by atoms with Crippen LogP contribution in [0.25, 0.3) is 0 Å². The van der Waals surface area contributed by atoms with Gasteiger partial charge < -0.3 is 5.32 Å². The van der Waals surface area contributed by atoms with Gasteiger partial charge in [-0.15, -0.1) is 0 Å². The van der Waals surface area contributed by atoms with E-state index in [1.54, 1.807) is 6.20 Å². The zero-order valence-electron chi connectivity index (χ0n) is 11.9. The van der Waals surface area contributed by atoms with E-state index >= 15 is 0 Å². The fourth-order valence-corrected chi connectivity index (χ4v) is 3.30. The zero-order chi connectivity index (χ0) is 13.7. The lowest BCUT2D eigenvalue weighted by Crippen LogP contribution is -2.52. The Bertz CT molecular complexity index is 510. The number of aromatic nitrogens is 1. The third-order valence-corrected chi connectivity index (χ3v) is 4.59. The van der Waals surface area contributed by atoms with Crippen LogP contribution in [0.4, 0.5) is 5.69 Å². The van der Waals surface area contributed by atoms with Crippen molar-refractivity contribution in [1.29, 1.82) is 0 Å². The number of nitrogens with zero attached hydrogens (tertiary/aromatic N) is 2. The van der Waals surface area contributed by atoms with Crippen molar-refractivity contribution < 1.29 is 4.79 Å². The van der Waals surface area contributed by atoms with E-state index in [0.717, 1.165) is 37.2 Å². The van der Waals surface area contributed by atoms with Gasteiger partial charge in [0.1, 0.15) is 0 Å². The molecule has 1 saturated heterocycles. The van der Waals surface area contributed by atoms with Gasteiger partial charge in [-0.3, -0.25) is 14.7 Å². The van der Waals surface area contributed by atoms with Crippen molar-refractivity contribution in [1.82, 2.24) is 9.88 Å². The summed E-state index contributed by atoms with van der Waals surface area (Å²) in [5.41, 5.74) is 1.87. The predicted molar refractivity (Wildman–Crippen MR) is 75.1 cm³/mol. The first-order valence-electron chi connectivity index (χ1n) is 6.94. The molecule has 3 heterocycles. The van der Waals surface area contributed by atoms with Crippen LogP contribution >= 0.6 is 0 Å². The smallest absolute Gasteiger partial charge is 0.235 e. The van der Waals surface area contributed by atoms with Gasteiger partial charge in [-0.05, 0) is 39.7 Å². The number of hydrogen-bond donors (Lipinski definition) is 1. The Morgan fingerprint density at radius 2 is 2.00 bits per heavy atom. The number of carbonyl (C=O) groups excluding carboxylic acids is 1. The molecule has 4 nitrogen and oxygen atoms in total. The minimum absolute atomic E-state index is 0.157. The average molecular weight is 259 g/mol. The van der Waals surface area contributed by atoms with Gasteiger partial charge in [0.15, 0.2) is 0 Å². The molecule has 1 amide bonds. The Hall–Kier alpha value is -1.42. The summed E-state index contributed by atoms with van der Waals surface area (Å²) in [6.45, 7) is 8.62. The first-order chi connectivity index (χ1) is 8.93. The quantitative estimate of drug-likeness (QED) is 0.776. The molecule has 0 saturated carbocycles. The number of anilines is 1. The second-order valence-corrected chi connectivity index (χ2v) is 6.62. The van der Waals surface area contributed by atoms with Crippen LogP contribution < -0.4 is 5.32 Å². The molecule has 1 N–H and O–H groups in total. The summed E-state index contributed by atoms with van der Waals surface area (Å²) in [7, 11) is 0. The molecule has 2 aliphatic rings. The molecule has 0 bridgehead atoms. The number of pyridine rings is 1. The lowest BCUT2D eigenvalue weighted by Gasteiger charge is -2.44. The highest BCUT2D eigenvalue weighted by molar-refractivity contribution is 6.06. The van der Waals surface area contributed by atoms with Crippen LogP contribution in [-0.2, 0) is 10.2 Å². The third-order valence-electron chi connectivity index (χ3n) is 4.59. The Morgan fingerprint density at radius 3 is 2.63 bits per heavy atom. The van der Waals surface area contributed by atoms with E-state index < -0.39 is 0 Å². The van der Waals surface area contributed by atoms with Crippen molar-refractivity contribution in [2.45, 2.75) is 44.6 Å².